The van der Waals surface area contributed by atoms with Crippen molar-refractivity contribution in [3.63, 3.8) is 0 Å². The molecule has 0 saturated carbocycles. The second-order valence-electron chi connectivity index (χ2n) is 5.79. The topological polar surface area (TPSA) is 49.7 Å². The lowest BCUT2D eigenvalue weighted by Crippen LogP contribution is -2.48. The summed E-state index contributed by atoms with van der Waals surface area (Å²) in [5.41, 5.74) is 1.69. The van der Waals surface area contributed by atoms with E-state index in [4.69, 9.17) is 9.53 Å². The second kappa shape index (κ2) is 7.51. The van der Waals surface area contributed by atoms with Gasteiger partial charge < -0.3 is 14.6 Å². The minimum Gasteiger partial charge on any atom is -0.416 e. The van der Waals surface area contributed by atoms with Gasteiger partial charge in [-0.2, -0.15) is 0 Å². The van der Waals surface area contributed by atoms with Gasteiger partial charge >= 0.3 is 0 Å². The van der Waals surface area contributed by atoms with Crippen LogP contribution in [0.4, 0.5) is 0 Å². The molecule has 0 amide bonds. The Balaban J connectivity index is 4.59. The SMILES string of the molecule is CC(C)[Si](OCCC(O)CO)(C(C)C)C(C)C. The molecule has 2 N–H and O–H groups in total. The first kappa shape index (κ1) is 17.1. The van der Waals surface area contributed by atoms with Crippen molar-refractivity contribution in [2.45, 2.75) is 70.7 Å². The van der Waals surface area contributed by atoms with Crippen molar-refractivity contribution in [1.82, 2.24) is 0 Å². The van der Waals surface area contributed by atoms with Gasteiger partial charge in [-0.15, -0.1) is 0 Å². The highest BCUT2D eigenvalue weighted by Gasteiger charge is 2.44. The molecule has 0 bridgehead atoms. The van der Waals surface area contributed by atoms with Crippen molar-refractivity contribution in [2.75, 3.05) is 13.2 Å². The van der Waals surface area contributed by atoms with Crippen molar-refractivity contribution >= 4 is 8.32 Å². The fraction of sp³-hybridized carbons (Fsp3) is 1.00. The third-order valence-electron chi connectivity index (χ3n) is 3.72. The van der Waals surface area contributed by atoms with Crippen molar-refractivity contribution in [2.24, 2.45) is 0 Å². The average Bonchev–Trinajstić information content (AvgIpc) is 2.22. The molecule has 17 heavy (non-hydrogen) atoms. The molecule has 4 heteroatoms. The molecule has 0 saturated heterocycles. The van der Waals surface area contributed by atoms with Gasteiger partial charge in [0.1, 0.15) is 0 Å². The first-order valence-corrected chi connectivity index (χ1v) is 8.85. The van der Waals surface area contributed by atoms with Crippen LogP contribution >= 0.6 is 0 Å². The molecule has 0 aliphatic rings. The van der Waals surface area contributed by atoms with E-state index in [9.17, 15) is 5.11 Å². The highest BCUT2D eigenvalue weighted by atomic mass is 28.4. The number of rotatable bonds is 8. The highest BCUT2D eigenvalue weighted by Crippen LogP contribution is 2.42. The Morgan fingerprint density at radius 3 is 1.65 bits per heavy atom. The predicted molar refractivity (Wildman–Crippen MR) is 74.7 cm³/mol. The molecule has 0 radical (unpaired) electrons. The molecule has 0 aromatic heterocycles. The standard InChI is InChI=1S/C13H30O3Si/c1-10(2)17(11(3)4,12(5)6)16-8-7-13(15)9-14/h10-15H,7-9H2,1-6H3. The number of hydrogen-bond donors (Lipinski definition) is 2. The van der Waals surface area contributed by atoms with Crippen molar-refractivity contribution in [3.05, 3.63) is 0 Å². The fourth-order valence-corrected chi connectivity index (χ4v) is 8.43. The lowest BCUT2D eigenvalue weighted by molar-refractivity contribution is 0.0728. The third kappa shape index (κ3) is 4.36. The van der Waals surface area contributed by atoms with Crippen LogP contribution in [0.25, 0.3) is 0 Å². The van der Waals surface area contributed by atoms with E-state index < -0.39 is 14.4 Å². The van der Waals surface area contributed by atoms with Crippen LogP contribution in [0, 0.1) is 0 Å². The van der Waals surface area contributed by atoms with Crippen molar-refractivity contribution < 1.29 is 14.6 Å². The molecule has 1 unspecified atom stereocenters. The molecule has 0 heterocycles. The molecular weight excluding hydrogens is 232 g/mol. The largest absolute Gasteiger partial charge is 0.416 e. The maximum absolute atomic E-state index is 9.36. The predicted octanol–water partition coefficient (Wildman–Crippen LogP) is 2.92. The summed E-state index contributed by atoms with van der Waals surface area (Å²) in [5, 5.41) is 18.2. The first-order valence-electron chi connectivity index (χ1n) is 6.71. The fourth-order valence-electron chi connectivity index (χ4n) is 2.96. The Hall–Kier alpha value is 0.0969. The summed E-state index contributed by atoms with van der Waals surface area (Å²) in [4.78, 5) is 0. The van der Waals surface area contributed by atoms with Crippen LogP contribution in [0.15, 0.2) is 0 Å². The molecule has 0 aromatic rings. The average molecular weight is 262 g/mol. The van der Waals surface area contributed by atoms with E-state index in [1.807, 2.05) is 0 Å². The van der Waals surface area contributed by atoms with E-state index in [1.54, 1.807) is 0 Å². The smallest absolute Gasteiger partial charge is 0.200 e. The van der Waals surface area contributed by atoms with Crippen molar-refractivity contribution in [1.29, 1.82) is 0 Å². The maximum atomic E-state index is 9.36. The van der Waals surface area contributed by atoms with Gasteiger partial charge in [-0.25, -0.2) is 0 Å². The molecule has 0 aromatic carbocycles. The number of hydrogen-bond acceptors (Lipinski definition) is 3. The second-order valence-corrected chi connectivity index (χ2v) is 11.3. The molecule has 1 atom stereocenters. The molecule has 104 valence electrons. The summed E-state index contributed by atoms with van der Waals surface area (Å²) >= 11 is 0. The summed E-state index contributed by atoms with van der Waals surface area (Å²) in [5.74, 6) is 0. The molecule has 0 spiro atoms. The van der Waals surface area contributed by atoms with Gasteiger partial charge in [0.2, 0.25) is 0 Å². The van der Waals surface area contributed by atoms with Crippen LogP contribution in [-0.2, 0) is 4.43 Å². The van der Waals surface area contributed by atoms with Crippen molar-refractivity contribution in [3.8, 4) is 0 Å². The third-order valence-corrected chi connectivity index (χ3v) is 9.84. The molecule has 0 aliphatic carbocycles. The van der Waals surface area contributed by atoms with E-state index in [0.717, 1.165) is 0 Å². The monoisotopic (exact) mass is 262 g/mol. The van der Waals surface area contributed by atoms with Gasteiger partial charge in [0.25, 0.3) is 0 Å². The van der Waals surface area contributed by atoms with Crippen LogP contribution in [0.2, 0.25) is 16.6 Å². The van der Waals surface area contributed by atoms with Gasteiger partial charge in [0, 0.05) is 6.61 Å². The molecule has 0 rings (SSSR count). The highest BCUT2D eigenvalue weighted by molar-refractivity contribution is 6.77. The molecule has 0 fully saturated rings. The van der Waals surface area contributed by atoms with Gasteiger partial charge in [0.05, 0.1) is 12.7 Å². The quantitative estimate of drug-likeness (QED) is 0.661. The summed E-state index contributed by atoms with van der Waals surface area (Å²) in [6.45, 7) is 13.8. The zero-order valence-corrected chi connectivity index (χ0v) is 13.2. The summed E-state index contributed by atoms with van der Waals surface area (Å²) in [6, 6.07) is 0. The van der Waals surface area contributed by atoms with Crippen LogP contribution < -0.4 is 0 Å². The number of aliphatic hydroxyl groups is 2. The lowest BCUT2D eigenvalue weighted by atomic mass is 10.3. The Morgan fingerprint density at radius 2 is 1.35 bits per heavy atom. The summed E-state index contributed by atoms with van der Waals surface area (Å²) in [6.07, 6.45) is -0.120. The van der Waals surface area contributed by atoms with Crippen LogP contribution in [0.3, 0.4) is 0 Å². The zero-order valence-electron chi connectivity index (χ0n) is 12.2. The van der Waals surface area contributed by atoms with E-state index in [1.165, 1.54) is 0 Å². The van der Waals surface area contributed by atoms with Crippen LogP contribution in [0.1, 0.15) is 48.0 Å². The maximum Gasteiger partial charge on any atom is 0.200 e. The van der Waals surface area contributed by atoms with Gasteiger partial charge in [0.15, 0.2) is 8.32 Å². The van der Waals surface area contributed by atoms with Gasteiger partial charge in [-0.3, -0.25) is 0 Å². The van der Waals surface area contributed by atoms with E-state index in [-0.39, 0.29) is 6.61 Å². The molecular formula is C13H30O3Si. The lowest BCUT2D eigenvalue weighted by Gasteiger charge is -2.42. The Kier molecular flexibility index (Phi) is 7.56. The van der Waals surface area contributed by atoms with E-state index >= 15 is 0 Å². The van der Waals surface area contributed by atoms with E-state index in [0.29, 0.717) is 29.7 Å². The zero-order chi connectivity index (χ0) is 13.6. The minimum absolute atomic E-state index is 0.178. The minimum atomic E-state index is -1.80. The molecule has 3 nitrogen and oxygen atoms in total. The molecule has 0 aliphatic heterocycles. The van der Waals surface area contributed by atoms with Gasteiger partial charge in [-0.05, 0) is 23.0 Å². The summed E-state index contributed by atoms with van der Waals surface area (Å²) in [7, 11) is -1.80. The van der Waals surface area contributed by atoms with Crippen LogP contribution in [0.5, 0.6) is 0 Å². The van der Waals surface area contributed by atoms with Gasteiger partial charge in [-0.1, -0.05) is 41.5 Å². The van der Waals surface area contributed by atoms with E-state index in [2.05, 4.69) is 41.5 Å². The first-order chi connectivity index (χ1) is 7.78. The Labute approximate surface area is 107 Å². The number of aliphatic hydroxyl groups excluding tert-OH is 2. The Bertz CT molecular complexity index is 183. The normalized spacial score (nSPS) is 15.0. The van der Waals surface area contributed by atoms with Crippen LogP contribution in [-0.4, -0.2) is 37.8 Å². The Morgan fingerprint density at radius 1 is 0.941 bits per heavy atom. The summed E-state index contributed by atoms with van der Waals surface area (Å²) < 4.78 is 6.25.